The smallest absolute Gasteiger partial charge is 0.261 e. The first kappa shape index (κ1) is 14.7. The fourth-order valence-corrected chi connectivity index (χ4v) is 3.60. The van der Waals surface area contributed by atoms with Gasteiger partial charge in [-0.15, -0.1) is 10.2 Å². The Kier molecular flexibility index (Phi) is 3.10. The predicted molar refractivity (Wildman–Crippen MR) is 81.1 cm³/mol. The molecular formula is C14H10N4O5S. The van der Waals surface area contributed by atoms with Crippen LogP contribution in [0, 0.1) is 0 Å². The first-order valence-corrected chi connectivity index (χ1v) is 8.28. The lowest BCUT2D eigenvalue weighted by atomic mass is 10.0. The maximum Gasteiger partial charge on any atom is 0.261 e. The number of imide groups is 1. The van der Waals surface area contributed by atoms with E-state index in [-0.39, 0.29) is 34.6 Å². The van der Waals surface area contributed by atoms with E-state index in [1.807, 2.05) is 0 Å². The Morgan fingerprint density at radius 1 is 1.17 bits per heavy atom. The Bertz CT molecular complexity index is 1010. The lowest BCUT2D eigenvalue weighted by Crippen LogP contribution is -2.53. The van der Waals surface area contributed by atoms with E-state index in [4.69, 9.17) is 0 Å². The maximum absolute atomic E-state index is 12.7. The number of benzene rings is 1. The van der Waals surface area contributed by atoms with E-state index >= 15 is 0 Å². The molecule has 24 heavy (non-hydrogen) atoms. The fourth-order valence-electron chi connectivity index (χ4n) is 3.10. The number of carbonyl (C=O) groups is 3. The Hall–Kier alpha value is -2.88. The Morgan fingerprint density at radius 3 is 2.67 bits per heavy atom. The van der Waals surface area contributed by atoms with E-state index in [0.717, 1.165) is 0 Å². The van der Waals surface area contributed by atoms with Gasteiger partial charge in [0.25, 0.3) is 5.91 Å². The zero-order valence-electron chi connectivity index (χ0n) is 12.1. The average Bonchev–Trinajstić information content (AvgIpc) is 2.82. The molecule has 0 bridgehead atoms. The number of nitrogens with one attached hydrogen (secondary N) is 1. The fraction of sp³-hybridized carbons (Fsp3) is 0.214. The monoisotopic (exact) mass is 346 g/mol. The van der Waals surface area contributed by atoms with E-state index in [0.29, 0.717) is 5.39 Å². The molecule has 122 valence electrons. The lowest BCUT2D eigenvalue weighted by Gasteiger charge is -2.29. The molecule has 2 aromatic rings. The van der Waals surface area contributed by atoms with Gasteiger partial charge < -0.3 is 0 Å². The topological polar surface area (TPSA) is 126 Å². The largest absolute Gasteiger partial charge is 0.295 e. The van der Waals surface area contributed by atoms with Gasteiger partial charge in [-0.05, 0) is 12.5 Å². The van der Waals surface area contributed by atoms with Crippen LogP contribution in [0.5, 0.6) is 0 Å². The molecule has 1 saturated heterocycles. The summed E-state index contributed by atoms with van der Waals surface area (Å²) in [5.41, 5.74) is 0.264. The van der Waals surface area contributed by atoms with E-state index in [1.165, 1.54) is 4.90 Å². The number of amides is 3. The van der Waals surface area contributed by atoms with Crippen molar-refractivity contribution >= 4 is 45.0 Å². The molecule has 9 nitrogen and oxygen atoms in total. The van der Waals surface area contributed by atoms with Crippen LogP contribution in [0.25, 0.3) is 10.8 Å². The van der Waals surface area contributed by atoms with Crippen molar-refractivity contribution in [2.75, 3.05) is 4.90 Å². The van der Waals surface area contributed by atoms with Gasteiger partial charge in [0.2, 0.25) is 11.8 Å². The molecule has 0 spiro atoms. The highest BCUT2D eigenvalue weighted by Gasteiger charge is 2.42. The third kappa shape index (κ3) is 1.92. The number of hydrogen-bond acceptors (Lipinski definition) is 7. The summed E-state index contributed by atoms with van der Waals surface area (Å²) >= 11 is 0. The molecule has 1 unspecified atom stereocenters. The summed E-state index contributed by atoms with van der Waals surface area (Å²) in [6.45, 7) is 0. The summed E-state index contributed by atoms with van der Waals surface area (Å²) in [6, 6.07) is 3.76. The minimum atomic E-state index is -2.98. The minimum Gasteiger partial charge on any atom is -0.295 e. The van der Waals surface area contributed by atoms with E-state index < -0.39 is 34.5 Å². The van der Waals surface area contributed by atoms with Crippen LogP contribution in [0.4, 0.5) is 5.82 Å². The summed E-state index contributed by atoms with van der Waals surface area (Å²) in [4.78, 5) is 37.3. The van der Waals surface area contributed by atoms with Gasteiger partial charge in [-0.2, -0.15) is 0 Å². The van der Waals surface area contributed by atoms with E-state index in [1.54, 1.807) is 18.2 Å². The molecule has 1 aromatic carbocycles. The lowest BCUT2D eigenvalue weighted by molar-refractivity contribution is -0.134. The van der Waals surface area contributed by atoms with Gasteiger partial charge >= 0.3 is 0 Å². The highest BCUT2D eigenvalue weighted by molar-refractivity contribution is 7.72. The van der Waals surface area contributed by atoms with Crippen LogP contribution >= 0.6 is 0 Å². The van der Waals surface area contributed by atoms with Gasteiger partial charge in [0.15, 0.2) is 21.5 Å². The third-order valence-corrected chi connectivity index (χ3v) is 4.82. The van der Waals surface area contributed by atoms with Crippen molar-refractivity contribution in [2.45, 2.75) is 23.9 Å². The summed E-state index contributed by atoms with van der Waals surface area (Å²) in [6.07, 6.45) is 0.281. The quantitative estimate of drug-likeness (QED) is 0.547. The number of carbonyl (C=O) groups excluding carboxylic acids is 3. The van der Waals surface area contributed by atoms with Gasteiger partial charge in [-0.3, -0.25) is 24.6 Å². The molecule has 1 fully saturated rings. The van der Waals surface area contributed by atoms with Crippen LogP contribution < -0.4 is 10.2 Å². The van der Waals surface area contributed by atoms with Crippen LogP contribution in [0.3, 0.4) is 0 Å². The predicted octanol–water partition coefficient (Wildman–Crippen LogP) is -0.635. The van der Waals surface area contributed by atoms with Crippen LogP contribution in [0.2, 0.25) is 0 Å². The standard InChI is InChI=1S/C14H10N4O5S/c19-9-5-4-8(12(20)15-9)18-11-10-6(13(17-16-11)24(22)23)2-1-3-7(10)14(18)21/h1-3,8,24H,4-5H2,(H,15,19,20). The van der Waals surface area contributed by atoms with Gasteiger partial charge in [-0.1, -0.05) is 12.1 Å². The second kappa shape index (κ2) is 5.06. The highest BCUT2D eigenvalue weighted by Crippen LogP contribution is 2.38. The average molecular weight is 346 g/mol. The molecular weight excluding hydrogens is 336 g/mol. The molecule has 0 saturated carbocycles. The number of nitrogens with zero attached hydrogens (tertiary/aromatic N) is 3. The molecule has 4 rings (SSSR count). The minimum absolute atomic E-state index is 0.109. The zero-order chi connectivity index (χ0) is 17.0. The van der Waals surface area contributed by atoms with Crippen molar-refractivity contribution in [1.29, 1.82) is 0 Å². The Labute approximate surface area is 136 Å². The Balaban J connectivity index is 1.92. The number of hydrogen-bond donors (Lipinski definition) is 2. The number of piperidine rings is 1. The number of aromatic nitrogens is 2. The molecule has 3 heterocycles. The van der Waals surface area contributed by atoms with Crippen LogP contribution in [0.1, 0.15) is 23.2 Å². The van der Waals surface area contributed by atoms with Crippen molar-refractivity contribution in [1.82, 2.24) is 15.5 Å². The Morgan fingerprint density at radius 2 is 1.96 bits per heavy atom. The van der Waals surface area contributed by atoms with Gasteiger partial charge in [0.05, 0.1) is 5.56 Å². The van der Waals surface area contributed by atoms with Crippen molar-refractivity contribution < 1.29 is 22.8 Å². The maximum atomic E-state index is 12.7. The molecule has 3 amide bonds. The molecule has 2 aliphatic heterocycles. The summed E-state index contributed by atoms with van der Waals surface area (Å²) in [5, 5.41) is 10.2. The van der Waals surface area contributed by atoms with Crippen LogP contribution in [0.15, 0.2) is 23.2 Å². The summed E-state index contributed by atoms with van der Waals surface area (Å²) in [7, 11) is -2.98. The van der Waals surface area contributed by atoms with Crippen LogP contribution in [-0.4, -0.2) is 42.4 Å². The van der Waals surface area contributed by atoms with Gasteiger partial charge in [-0.25, -0.2) is 8.42 Å². The van der Waals surface area contributed by atoms with Crippen molar-refractivity contribution in [2.24, 2.45) is 0 Å². The number of anilines is 1. The molecule has 1 aromatic heterocycles. The molecule has 0 radical (unpaired) electrons. The second-order valence-corrected chi connectivity index (χ2v) is 6.41. The second-order valence-electron chi connectivity index (χ2n) is 5.47. The summed E-state index contributed by atoms with van der Waals surface area (Å²) in [5.74, 6) is -1.30. The normalized spacial score (nSPS) is 20.1. The number of thiol groups is 1. The van der Waals surface area contributed by atoms with E-state index in [9.17, 15) is 22.8 Å². The van der Waals surface area contributed by atoms with Crippen molar-refractivity contribution in [3.05, 3.63) is 23.8 Å². The zero-order valence-corrected chi connectivity index (χ0v) is 12.9. The first-order valence-electron chi connectivity index (χ1n) is 7.10. The highest BCUT2D eigenvalue weighted by atomic mass is 32.2. The van der Waals surface area contributed by atoms with E-state index in [2.05, 4.69) is 15.5 Å². The van der Waals surface area contributed by atoms with Gasteiger partial charge in [0.1, 0.15) is 6.04 Å². The summed E-state index contributed by atoms with van der Waals surface area (Å²) < 4.78 is 22.7. The van der Waals surface area contributed by atoms with Crippen molar-refractivity contribution in [3.8, 4) is 0 Å². The SMILES string of the molecule is O=C1CCC(N2C(=O)c3cccc4c([SH](=O)=O)nnc2c34)C(=O)N1. The van der Waals surface area contributed by atoms with Crippen molar-refractivity contribution in [3.63, 3.8) is 0 Å². The third-order valence-electron chi connectivity index (χ3n) is 4.14. The molecule has 0 aliphatic carbocycles. The molecule has 10 heteroatoms. The number of rotatable bonds is 2. The molecule has 1 atom stereocenters. The van der Waals surface area contributed by atoms with Gasteiger partial charge in [0, 0.05) is 17.2 Å². The molecule has 1 N–H and O–H groups in total. The molecule has 2 aliphatic rings. The van der Waals surface area contributed by atoms with Crippen LogP contribution in [-0.2, 0) is 20.3 Å². The first-order chi connectivity index (χ1) is 11.5.